The summed E-state index contributed by atoms with van der Waals surface area (Å²) in [6.45, 7) is 0.898. The predicted octanol–water partition coefficient (Wildman–Crippen LogP) is 4.38. The summed E-state index contributed by atoms with van der Waals surface area (Å²) in [7, 11) is 0. The highest BCUT2D eigenvalue weighted by Gasteiger charge is 2.52. The molecule has 0 radical (unpaired) electrons. The van der Waals surface area contributed by atoms with E-state index in [1.165, 1.54) is 12.1 Å². The smallest absolute Gasteiger partial charge is 0.375 e. The van der Waals surface area contributed by atoms with Crippen LogP contribution in [0, 0.1) is 0 Å². The molecule has 1 atom stereocenters. The third-order valence-electron chi connectivity index (χ3n) is 6.21. The number of hydrogen-bond donors (Lipinski definition) is 2. The van der Waals surface area contributed by atoms with E-state index in [4.69, 9.17) is 0 Å². The van der Waals surface area contributed by atoms with E-state index in [1.54, 1.807) is 46.2 Å². The molecule has 7 nitrogen and oxygen atoms in total. The fourth-order valence-electron chi connectivity index (χ4n) is 4.59. The van der Waals surface area contributed by atoms with Crippen molar-refractivity contribution < 1.29 is 27.6 Å². The predicted molar refractivity (Wildman–Crippen MR) is 121 cm³/mol. The summed E-state index contributed by atoms with van der Waals surface area (Å²) in [5.74, 6) is -0.616. The van der Waals surface area contributed by atoms with Crippen LogP contribution in [0.3, 0.4) is 0 Å². The van der Waals surface area contributed by atoms with Crippen LogP contribution in [0.4, 0.5) is 30.2 Å². The van der Waals surface area contributed by atoms with Gasteiger partial charge in [0.2, 0.25) is 11.8 Å². The lowest BCUT2D eigenvalue weighted by molar-refractivity contribution is -0.118. The maximum Gasteiger partial charge on any atom is 0.405 e. The molecule has 1 fully saturated rings. The number of anilines is 3. The fourth-order valence-corrected chi connectivity index (χ4v) is 4.59. The van der Waals surface area contributed by atoms with Crippen molar-refractivity contribution in [3.8, 4) is 0 Å². The highest BCUT2D eigenvalue weighted by Crippen LogP contribution is 2.44. The third-order valence-corrected chi connectivity index (χ3v) is 6.21. The molecule has 0 aliphatic carbocycles. The van der Waals surface area contributed by atoms with Gasteiger partial charge in [-0.3, -0.25) is 19.3 Å². The van der Waals surface area contributed by atoms with Crippen LogP contribution in [0.15, 0.2) is 48.5 Å². The lowest BCUT2D eigenvalue weighted by atomic mass is 9.98. The Morgan fingerprint density at radius 1 is 1.06 bits per heavy atom. The zero-order valence-corrected chi connectivity index (χ0v) is 18.6. The zero-order chi connectivity index (χ0) is 24.5. The van der Waals surface area contributed by atoms with E-state index >= 15 is 0 Å². The standard InChI is InChI=1S/C24H25F3N4O3/c1-23-13-12-21(33)31(23)19-10-5-2-7-16(19)22(34)30(23)14-6-11-20(32)29-18-9-4-3-8-17(18)28-15-24(25,26)27/h2-5,7-10,28H,6,11-15H2,1H3,(H,29,32). The van der Waals surface area contributed by atoms with Crippen LogP contribution in [-0.2, 0) is 9.59 Å². The number of benzene rings is 2. The number of amides is 3. The largest absolute Gasteiger partial charge is 0.405 e. The van der Waals surface area contributed by atoms with Gasteiger partial charge in [-0.15, -0.1) is 0 Å². The van der Waals surface area contributed by atoms with Crippen LogP contribution >= 0.6 is 0 Å². The molecule has 2 aromatic carbocycles. The summed E-state index contributed by atoms with van der Waals surface area (Å²) in [6.07, 6.45) is -3.17. The highest BCUT2D eigenvalue weighted by atomic mass is 19.4. The number of nitrogens with one attached hydrogen (secondary N) is 2. The van der Waals surface area contributed by atoms with Crippen LogP contribution in [0.25, 0.3) is 0 Å². The fraction of sp³-hybridized carbons (Fsp3) is 0.375. The monoisotopic (exact) mass is 474 g/mol. The van der Waals surface area contributed by atoms with Crippen molar-refractivity contribution in [2.45, 2.75) is 44.4 Å². The van der Waals surface area contributed by atoms with Gasteiger partial charge in [-0.2, -0.15) is 13.2 Å². The summed E-state index contributed by atoms with van der Waals surface area (Å²) in [6, 6.07) is 13.2. The number of alkyl halides is 3. The van der Waals surface area contributed by atoms with Crippen LogP contribution in [0.5, 0.6) is 0 Å². The Morgan fingerprint density at radius 3 is 2.47 bits per heavy atom. The first kappa shape index (κ1) is 23.6. The van der Waals surface area contributed by atoms with E-state index < -0.39 is 18.4 Å². The molecule has 180 valence electrons. The van der Waals surface area contributed by atoms with Gasteiger partial charge in [0, 0.05) is 19.4 Å². The van der Waals surface area contributed by atoms with E-state index in [0.29, 0.717) is 30.5 Å². The number of carbonyl (C=O) groups excluding carboxylic acids is 3. The number of halogens is 3. The Bertz CT molecular complexity index is 1120. The summed E-state index contributed by atoms with van der Waals surface area (Å²) < 4.78 is 37.6. The van der Waals surface area contributed by atoms with Crippen molar-refractivity contribution in [3.63, 3.8) is 0 Å². The van der Waals surface area contributed by atoms with E-state index in [9.17, 15) is 27.6 Å². The molecule has 34 heavy (non-hydrogen) atoms. The molecule has 3 amide bonds. The number of nitrogens with zero attached hydrogens (tertiary/aromatic N) is 2. The van der Waals surface area contributed by atoms with Gasteiger partial charge in [0.05, 0.1) is 22.6 Å². The number of para-hydroxylation sites is 3. The maximum absolute atomic E-state index is 13.2. The minimum Gasteiger partial charge on any atom is -0.375 e. The molecule has 2 aliphatic heterocycles. The van der Waals surface area contributed by atoms with Crippen LogP contribution in [-0.4, -0.2) is 47.6 Å². The molecule has 0 aromatic heterocycles. The van der Waals surface area contributed by atoms with Crippen molar-refractivity contribution in [1.29, 1.82) is 0 Å². The molecular weight excluding hydrogens is 449 g/mol. The number of carbonyl (C=O) groups is 3. The molecule has 2 aromatic rings. The van der Waals surface area contributed by atoms with Crippen molar-refractivity contribution in [2.75, 3.05) is 28.6 Å². The van der Waals surface area contributed by atoms with Gasteiger partial charge in [0.15, 0.2) is 0 Å². The molecule has 4 rings (SSSR count). The SMILES string of the molecule is CC12CCC(=O)N1c1ccccc1C(=O)N2CCCC(=O)Nc1ccccc1NCC(F)(F)F. The molecule has 2 heterocycles. The van der Waals surface area contributed by atoms with Crippen molar-refractivity contribution in [1.82, 2.24) is 4.90 Å². The average Bonchev–Trinajstić information content (AvgIpc) is 3.10. The second-order valence-electron chi connectivity index (χ2n) is 8.59. The summed E-state index contributed by atoms with van der Waals surface area (Å²) >= 11 is 0. The average molecular weight is 474 g/mol. The van der Waals surface area contributed by atoms with E-state index in [-0.39, 0.29) is 42.1 Å². The van der Waals surface area contributed by atoms with Gasteiger partial charge in [0.1, 0.15) is 12.2 Å². The zero-order valence-electron chi connectivity index (χ0n) is 18.6. The van der Waals surface area contributed by atoms with Crippen LogP contribution in [0.2, 0.25) is 0 Å². The van der Waals surface area contributed by atoms with Crippen molar-refractivity contribution in [2.24, 2.45) is 0 Å². The molecule has 2 N–H and O–H groups in total. The van der Waals surface area contributed by atoms with Gasteiger partial charge < -0.3 is 15.5 Å². The molecule has 0 bridgehead atoms. The Morgan fingerprint density at radius 2 is 1.74 bits per heavy atom. The van der Waals surface area contributed by atoms with Gasteiger partial charge in [-0.1, -0.05) is 24.3 Å². The minimum atomic E-state index is -4.39. The van der Waals surface area contributed by atoms with Crippen LogP contribution < -0.4 is 15.5 Å². The molecule has 1 saturated heterocycles. The summed E-state index contributed by atoms with van der Waals surface area (Å²) in [5.41, 5.74) is 0.675. The molecule has 0 spiro atoms. The quantitative estimate of drug-likeness (QED) is 0.624. The first-order chi connectivity index (χ1) is 16.1. The Labute approximate surface area is 194 Å². The summed E-state index contributed by atoms with van der Waals surface area (Å²) in [4.78, 5) is 41.7. The summed E-state index contributed by atoms with van der Waals surface area (Å²) in [5, 5.41) is 4.92. The molecule has 0 saturated carbocycles. The Kier molecular flexibility index (Phi) is 6.24. The van der Waals surface area contributed by atoms with Gasteiger partial charge in [0.25, 0.3) is 5.91 Å². The number of fused-ring (bicyclic) bond motifs is 3. The van der Waals surface area contributed by atoms with E-state index in [1.807, 2.05) is 6.92 Å². The van der Waals surface area contributed by atoms with Crippen molar-refractivity contribution in [3.05, 3.63) is 54.1 Å². The second-order valence-corrected chi connectivity index (χ2v) is 8.59. The number of rotatable bonds is 7. The first-order valence-corrected chi connectivity index (χ1v) is 11.0. The lowest BCUT2D eigenvalue weighted by Gasteiger charge is -2.48. The first-order valence-electron chi connectivity index (χ1n) is 11.0. The topological polar surface area (TPSA) is 81.8 Å². The van der Waals surface area contributed by atoms with Crippen LogP contribution in [0.1, 0.15) is 43.0 Å². The Balaban J connectivity index is 1.41. The molecule has 2 aliphatic rings. The third kappa shape index (κ3) is 4.57. The molecule has 10 heteroatoms. The highest BCUT2D eigenvalue weighted by molar-refractivity contribution is 6.10. The van der Waals surface area contributed by atoms with Crippen molar-refractivity contribution >= 4 is 34.8 Å². The Hall–Kier alpha value is -3.56. The van der Waals surface area contributed by atoms with E-state index in [2.05, 4.69) is 10.6 Å². The maximum atomic E-state index is 13.2. The van der Waals surface area contributed by atoms with Gasteiger partial charge in [-0.25, -0.2) is 0 Å². The van der Waals surface area contributed by atoms with E-state index in [0.717, 1.165) is 0 Å². The normalized spacial score (nSPS) is 19.6. The second kappa shape index (κ2) is 9.00. The molecule has 1 unspecified atom stereocenters. The minimum absolute atomic E-state index is 0.0480. The van der Waals surface area contributed by atoms with Gasteiger partial charge in [-0.05, 0) is 44.0 Å². The molecular formula is C24H25F3N4O3. The van der Waals surface area contributed by atoms with Gasteiger partial charge >= 0.3 is 6.18 Å². The lowest BCUT2D eigenvalue weighted by Crippen LogP contribution is -2.62. The number of hydrogen-bond acceptors (Lipinski definition) is 4.